The summed E-state index contributed by atoms with van der Waals surface area (Å²) >= 11 is 0. The highest BCUT2D eigenvalue weighted by Gasteiger charge is 2.15. The number of aryl methyl sites for hydroxylation is 1. The van der Waals surface area contributed by atoms with Crippen LogP contribution in [0, 0.1) is 6.92 Å². The zero-order valence-corrected chi connectivity index (χ0v) is 11.9. The molecule has 2 heterocycles. The summed E-state index contributed by atoms with van der Waals surface area (Å²) in [7, 11) is 0. The molecule has 1 saturated carbocycles. The molecule has 0 bridgehead atoms. The summed E-state index contributed by atoms with van der Waals surface area (Å²) < 4.78 is 2.12. The lowest BCUT2D eigenvalue weighted by molar-refractivity contribution is 0.459. The van der Waals surface area contributed by atoms with E-state index in [4.69, 9.17) is 0 Å². The first-order valence-electron chi connectivity index (χ1n) is 7.37. The molecule has 0 unspecified atom stereocenters. The Bertz CT molecular complexity index is 557. The molecule has 20 heavy (non-hydrogen) atoms. The molecule has 0 atom stereocenters. The van der Waals surface area contributed by atoms with E-state index in [0.29, 0.717) is 6.04 Å². The van der Waals surface area contributed by atoms with Crippen molar-refractivity contribution in [2.24, 2.45) is 0 Å². The van der Waals surface area contributed by atoms with Crippen molar-refractivity contribution in [1.82, 2.24) is 19.5 Å². The number of rotatable bonds is 4. The van der Waals surface area contributed by atoms with E-state index in [0.717, 1.165) is 24.0 Å². The van der Waals surface area contributed by atoms with Gasteiger partial charge in [0, 0.05) is 24.6 Å². The van der Waals surface area contributed by atoms with Gasteiger partial charge in [0.1, 0.15) is 5.82 Å². The molecule has 1 aliphatic rings. The third kappa shape index (κ3) is 3.15. The second-order valence-corrected chi connectivity index (χ2v) is 5.45. The van der Waals surface area contributed by atoms with E-state index in [9.17, 15) is 0 Å². The molecule has 0 aromatic carbocycles. The first kappa shape index (κ1) is 13.1. The van der Waals surface area contributed by atoms with Gasteiger partial charge in [-0.2, -0.15) is 0 Å². The molecule has 0 amide bonds. The SMILES string of the molecule is Cc1nccc(Cn2ccnc2NC2CCCCC2)n1. The van der Waals surface area contributed by atoms with Crippen molar-refractivity contribution >= 4 is 5.95 Å². The van der Waals surface area contributed by atoms with Crippen molar-refractivity contribution in [1.29, 1.82) is 0 Å². The average molecular weight is 271 g/mol. The number of nitrogens with one attached hydrogen (secondary N) is 1. The quantitative estimate of drug-likeness (QED) is 0.929. The van der Waals surface area contributed by atoms with Crippen molar-refractivity contribution in [2.75, 3.05) is 5.32 Å². The standard InChI is InChI=1S/C15H21N5/c1-12-16-8-7-14(18-12)11-20-10-9-17-15(20)19-13-5-3-2-4-6-13/h7-10,13H,2-6,11H2,1H3,(H,17,19). The fraction of sp³-hybridized carbons (Fsp3) is 0.533. The summed E-state index contributed by atoms with van der Waals surface area (Å²) in [4.78, 5) is 13.0. The van der Waals surface area contributed by atoms with Gasteiger partial charge >= 0.3 is 0 Å². The van der Waals surface area contributed by atoms with Crippen LogP contribution in [0.3, 0.4) is 0 Å². The summed E-state index contributed by atoms with van der Waals surface area (Å²) in [6.45, 7) is 2.65. The first-order valence-corrected chi connectivity index (χ1v) is 7.37. The van der Waals surface area contributed by atoms with Crippen LogP contribution >= 0.6 is 0 Å². The maximum atomic E-state index is 4.45. The zero-order valence-electron chi connectivity index (χ0n) is 11.9. The molecular formula is C15H21N5. The van der Waals surface area contributed by atoms with Crippen LogP contribution < -0.4 is 5.32 Å². The van der Waals surface area contributed by atoms with Gasteiger partial charge in [-0.15, -0.1) is 0 Å². The molecule has 0 radical (unpaired) electrons. The van der Waals surface area contributed by atoms with E-state index in [1.165, 1.54) is 32.1 Å². The Morgan fingerprint density at radius 3 is 2.85 bits per heavy atom. The third-order valence-electron chi connectivity index (χ3n) is 3.82. The number of hydrogen-bond acceptors (Lipinski definition) is 4. The lowest BCUT2D eigenvalue weighted by Crippen LogP contribution is -2.24. The molecule has 5 heteroatoms. The molecule has 1 aliphatic carbocycles. The lowest BCUT2D eigenvalue weighted by Gasteiger charge is -2.23. The minimum Gasteiger partial charge on any atom is -0.353 e. The largest absolute Gasteiger partial charge is 0.353 e. The van der Waals surface area contributed by atoms with Crippen molar-refractivity contribution in [3.63, 3.8) is 0 Å². The van der Waals surface area contributed by atoms with E-state index in [-0.39, 0.29) is 0 Å². The van der Waals surface area contributed by atoms with Crippen LogP contribution in [-0.2, 0) is 6.54 Å². The molecule has 0 spiro atoms. The van der Waals surface area contributed by atoms with E-state index < -0.39 is 0 Å². The van der Waals surface area contributed by atoms with E-state index in [1.54, 1.807) is 0 Å². The molecule has 3 rings (SSSR count). The molecule has 106 valence electrons. The van der Waals surface area contributed by atoms with E-state index in [1.807, 2.05) is 31.6 Å². The maximum absolute atomic E-state index is 4.45. The molecule has 5 nitrogen and oxygen atoms in total. The highest BCUT2D eigenvalue weighted by Crippen LogP contribution is 2.21. The summed E-state index contributed by atoms with van der Waals surface area (Å²) in [5.74, 6) is 1.76. The summed E-state index contributed by atoms with van der Waals surface area (Å²) in [6, 6.07) is 2.52. The first-order chi connectivity index (χ1) is 9.81. The van der Waals surface area contributed by atoms with Crippen molar-refractivity contribution in [2.45, 2.75) is 51.6 Å². The molecular weight excluding hydrogens is 250 g/mol. The van der Waals surface area contributed by atoms with Gasteiger partial charge in [0.25, 0.3) is 0 Å². The second kappa shape index (κ2) is 6.03. The summed E-state index contributed by atoms with van der Waals surface area (Å²) in [5, 5.41) is 3.57. The lowest BCUT2D eigenvalue weighted by atomic mass is 9.96. The number of hydrogen-bond donors (Lipinski definition) is 1. The number of anilines is 1. The number of nitrogens with zero attached hydrogens (tertiary/aromatic N) is 4. The Morgan fingerprint density at radius 2 is 2.05 bits per heavy atom. The van der Waals surface area contributed by atoms with Gasteiger partial charge in [-0.05, 0) is 25.8 Å². The number of aromatic nitrogens is 4. The minimum atomic E-state index is 0.567. The molecule has 1 fully saturated rings. The Balaban J connectivity index is 1.69. The van der Waals surface area contributed by atoms with E-state index >= 15 is 0 Å². The zero-order chi connectivity index (χ0) is 13.8. The van der Waals surface area contributed by atoms with Crippen molar-refractivity contribution < 1.29 is 0 Å². The third-order valence-corrected chi connectivity index (χ3v) is 3.82. The average Bonchev–Trinajstić information content (AvgIpc) is 2.87. The predicted molar refractivity (Wildman–Crippen MR) is 78.6 cm³/mol. The molecule has 2 aromatic heterocycles. The monoisotopic (exact) mass is 271 g/mol. The van der Waals surface area contributed by atoms with Crippen molar-refractivity contribution in [3.05, 3.63) is 36.2 Å². The Morgan fingerprint density at radius 1 is 1.20 bits per heavy atom. The van der Waals surface area contributed by atoms with Crippen LogP contribution in [0.1, 0.15) is 43.6 Å². The summed E-state index contributed by atoms with van der Waals surface area (Å²) in [6.07, 6.45) is 12.2. The molecule has 1 N–H and O–H groups in total. The van der Waals surface area contributed by atoms with Gasteiger partial charge in [-0.25, -0.2) is 15.0 Å². The fourth-order valence-corrected chi connectivity index (χ4v) is 2.77. The highest BCUT2D eigenvalue weighted by atomic mass is 15.2. The predicted octanol–water partition coefficient (Wildman–Crippen LogP) is 2.77. The van der Waals surface area contributed by atoms with E-state index in [2.05, 4.69) is 24.8 Å². The van der Waals surface area contributed by atoms with Crippen LogP contribution in [0.25, 0.3) is 0 Å². The highest BCUT2D eigenvalue weighted by molar-refractivity contribution is 5.28. The van der Waals surface area contributed by atoms with Crippen LogP contribution in [0.4, 0.5) is 5.95 Å². The van der Waals surface area contributed by atoms with Crippen LogP contribution in [0.5, 0.6) is 0 Å². The molecule has 0 saturated heterocycles. The normalized spacial score (nSPS) is 16.2. The topological polar surface area (TPSA) is 55.6 Å². The van der Waals surface area contributed by atoms with Crippen molar-refractivity contribution in [3.8, 4) is 0 Å². The van der Waals surface area contributed by atoms with Gasteiger partial charge in [0.2, 0.25) is 5.95 Å². The summed E-state index contributed by atoms with van der Waals surface area (Å²) in [5.41, 5.74) is 1.02. The van der Waals surface area contributed by atoms with Gasteiger partial charge in [-0.3, -0.25) is 0 Å². The van der Waals surface area contributed by atoms with Gasteiger partial charge in [0.05, 0.1) is 12.2 Å². The Kier molecular flexibility index (Phi) is 3.95. The second-order valence-electron chi connectivity index (χ2n) is 5.45. The minimum absolute atomic E-state index is 0.567. The fourth-order valence-electron chi connectivity index (χ4n) is 2.77. The van der Waals surface area contributed by atoms with Crippen LogP contribution in [0.2, 0.25) is 0 Å². The smallest absolute Gasteiger partial charge is 0.203 e. The van der Waals surface area contributed by atoms with Crippen LogP contribution in [-0.4, -0.2) is 25.6 Å². The Hall–Kier alpha value is -1.91. The van der Waals surface area contributed by atoms with Gasteiger partial charge in [0.15, 0.2) is 0 Å². The molecule has 2 aromatic rings. The maximum Gasteiger partial charge on any atom is 0.203 e. The van der Waals surface area contributed by atoms with Crippen LogP contribution in [0.15, 0.2) is 24.7 Å². The van der Waals surface area contributed by atoms with Gasteiger partial charge < -0.3 is 9.88 Å². The molecule has 0 aliphatic heterocycles. The van der Waals surface area contributed by atoms with Gasteiger partial charge in [-0.1, -0.05) is 19.3 Å². The number of imidazole rings is 1. The Labute approximate surface area is 119 Å².